The van der Waals surface area contributed by atoms with E-state index in [1.54, 1.807) is 30.6 Å². The predicted molar refractivity (Wildman–Crippen MR) is 123 cm³/mol. The highest BCUT2D eigenvalue weighted by atomic mass is 32.2. The molecule has 1 aromatic heterocycles. The number of fused-ring (bicyclic) bond motifs is 1. The Balaban J connectivity index is 1.54. The van der Waals surface area contributed by atoms with Gasteiger partial charge in [0.05, 0.1) is 11.4 Å². The number of aryl methyl sites for hydroxylation is 1. The van der Waals surface area contributed by atoms with Gasteiger partial charge in [0.25, 0.3) is 0 Å². The summed E-state index contributed by atoms with van der Waals surface area (Å²) in [6.07, 6.45) is 3.46. The van der Waals surface area contributed by atoms with Crippen molar-refractivity contribution in [1.29, 1.82) is 0 Å². The summed E-state index contributed by atoms with van der Waals surface area (Å²) in [5.74, 6) is 0.235. The van der Waals surface area contributed by atoms with Crippen molar-refractivity contribution in [3.8, 4) is 0 Å². The number of nitrogens with zero attached hydrogens (tertiary/aromatic N) is 3. The number of sulfonamides is 1. The van der Waals surface area contributed by atoms with Gasteiger partial charge in [-0.25, -0.2) is 13.4 Å². The number of carbonyl (C=O) groups excluding carboxylic acids is 1. The number of hydrogen-bond acceptors (Lipinski definition) is 4. The van der Waals surface area contributed by atoms with Crippen LogP contribution in [0.1, 0.15) is 17.4 Å². The van der Waals surface area contributed by atoms with E-state index in [1.165, 1.54) is 7.05 Å². The normalized spacial score (nSPS) is 12.7. The standard InChI is InChI=1S/C24H24N4O3S/c1-27-15-14-25-24(27)23(19-9-4-3-5-10-19)26-22(29)17-28(2)32(30,31)21-13-12-18-8-6-7-11-20(18)16-21/h3-16,23H,17H2,1-2H3,(H,26,29)/t23-/m0/s1. The molecular formula is C24H24N4O3S. The van der Waals surface area contributed by atoms with E-state index in [0.29, 0.717) is 5.82 Å². The molecule has 0 spiro atoms. The van der Waals surface area contributed by atoms with Crippen molar-refractivity contribution in [2.45, 2.75) is 10.9 Å². The van der Waals surface area contributed by atoms with Crippen molar-refractivity contribution in [3.63, 3.8) is 0 Å². The second-order valence-corrected chi connectivity index (χ2v) is 9.62. The Morgan fingerprint density at radius 1 is 1.03 bits per heavy atom. The van der Waals surface area contributed by atoms with Crippen LogP contribution < -0.4 is 5.32 Å². The Bertz CT molecular complexity index is 1350. The predicted octanol–water partition coefficient (Wildman–Crippen LogP) is 3.10. The molecule has 7 nitrogen and oxygen atoms in total. The van der Waals surface area contributed by atoms with Crippen LogP contribution in [-0.2, 0) is 21.9 Å². The van der Waals surface area contributed by atoms with Gasteiger partial charge in [-0.2, -0.15) is 4.31 Å². The lowest BCUT2D eigenvalue weighted by Crippen LogP contribution is -2.40. The van der Waals surface area contributed by atoms with E-state index < -0.39 is 22.0 Å². The molecule has 0 aliphatic rings. The van der Waals surface area contributed by atoms with Gasteiger partial charge in [0, 0.05) is 26.5 Å². The quantitative estimate of drug-likeness (QED) is 0.471. The highest BCUT2D eigenvalue weighted by Crippen LogP contribution is 2.22. The van der Waals surface area contributed by atoms with Gasteiger partial charge in [0.1, 0.15) is 11.9 Å². The molecule has 0 fully saturated rings. The highest BCUT2D eigenvalue weighted by molar-refractivity contribution is 7.89. The minimum absolute atomic E-state index is 0.148. The summed E-state index contributed by atoms with van der Waals surface area (Å²) in [5.41, 5.74) is 0.857. The molecule has 1 atom stereocenters. The van der Waals surface area contributed by atoms with Gasteiger partial charge in [0.15, 0.2) is 0 Å². The van der Waals surface area contributed by atoms with E-state index >= 15 is 0 Å². The molecule has 3 aromatic carbocycles. The van der Waals surface area contributed by atoms with E-state index in [4.69, 9.17) is 0 Å². The minimum Gasteiger partial charge on any atom is -0.341 e. The molecule has 1 heterocycles. The van der Waals surface area contributed by atoms with Crippen LogP contribution in [0.5, 0.6) is 0 Å². The number of aromatic nitrogens is 2. The Hall–Kier alpha value is -3.49. The van der Waals surface area contributed by atoms with Crippen LogP contribution in [0.15, 0.2) is 90.1 Å². The molecule has 1 N–H and O–H groups in total. The Morgan fingerprint density at radius 2 is 1.72 bits per heavy atom. The van der Waals surface area contributed by atoms with Crippen molar-refractivity contribution in [2.24, 2.45) is 7.05 Å². The first kappa shape index (κ1) is 21.7. The van der Waals surface area contributed by atoms with E-state index in [2.05, 4.69) is 10.3 Å². The number of likely N-dealkylation sites (N-methyl/N-ethyl adjacent to an activating group) is 1. The van der Waals surface area contributed by atoms with Crippen LogP contribution in [-0.4, -0.2) is 41.8 Å². The van der Waals surface area contributed by atoms with Crippen molar-refractivity contribution < 1.29 is 13.2 Å². The average molecular weight is 449 g/mol. The molecule has 0 unspecified atom stereocenters. The van der Waals surface area contributed by atoms with Gasteiger partial charge in [0.2, 0.25) is 15.9 Å². The Labute approximate surface area is 187 Å². The number of amides is 1. The fraction of sp³-hybridized carbons (Fsp3) is 0.167. The molecule has 0 aliphatic heterocycles. The summed E-state index contributed by atoms with van der Waals surface area (Å²) in [5, 5.41) is 4.71. The zero-order valence-corrected chi connectivity index (χ0v) is 18.7. The fourth-order valence-electron chi connectivity index (χ4n) is 3.60. The van der Waals surface area contributed by atoms with Crippen molar-refractivity contribution in [1.82, 2.24) is 19.2 Å². The molecule has 4 aromatic rings. The van der Waals surface area contributed by atoms with Crippen LogP contribution >= 0.6 is 0 Å². The van der Waals surface area contributed by atoms with E-state index in [-0.39, 0.29) is 11.4 Å². The Morgan fingerprint density at radius 3 is 2.41 bits per heavy atom. The largest absolute Gasteiger partial charge is 0.341 e. The van der Waals surface area contributed by atoms with Crippen molar-refractivity contribution in [2.75, 3.05) is 13.6 Å². The van der Waals surface area contributed by atoms with Crippen LogP contribution in [0, 0.1) is 0 Å². The first-order valence-electron chi connectivity index (χ1n) is 10.1. The maximum Gasteiger partial charge on any atom is 0.243 e. The van der Waals surface area contributed by atoms with E-state index in [9.17, 15) is 13.2 Å². The summed E-state index contributed by atoms with van der Waals surface area (Å²) >= 11 is 0. The van der Waals surface area contributed by atoms with Crippen LogP contribution in [0.3, 0.4) is 0 Å². The number of carbonyl (C=O) groups is 1. The summed E-state index contributed by atoms with van der Waals surface area (Å²) in [7, 11) is -0.583. The molecule has 0 saturated heterocycles. The zero-order chi connectivity index (χ0) is 22.7. The second kappa shape index (κ2) is 8.94. The third kappa shape index (κ3) is 4.42. The van der Waals surface area contributed by atoms with Gasteiger partial charge in [-0.05, 0) is 28.5 Å². The van der Waals surface area contributed by atoms with Gasteiger partial charge in [-0.1, -0.05) is 60.7 Å². The maximum absolute atomic E-state index is 13.1. The lowest BCUT2D eigenvalue weighted by atomic mass is 10.1. The molecule has 1 amide bonds. The van der Waals surface area contributed by atoms with Crippen LogP contribution in [0.4, 0.5) is 0 Å². The summed E-state index contributed by atoms with van der Waals surface area (Å²) in [6.45, 7) is -0.317. The summed E-state index contributed by atoms with van der Waals surface area (Å²) in [4.78, 5) is 17.4. The number of nitrogens with one attached hydrogen (secondary N) is 1. The monoisotopic (exact) mass is 448 g/mol. The maximum atomic E-state index is 13.1. The third-order valence-corrected chi connectivity index (χ3v) is 7.15. The van der Waals surface area contributed by atoms with Gasteiger partial charge in [-0.3, -0.25) is 4.79 Å². The molecule has 32 heavy (non-hydrogen) atoms. The Kier molecular flexibility index (Phi) is 6.07. The zero-order valence-electron chi connectivity index (χ0n) is 17.8. The lowest BCUT2D eigenvalue weighted by Gasteiger charge is -2.22. The van der Waals surface area contributed by atoms with E-state index in [1.807, 2.05) is 66.2 Å². The first-order valence-corrected chi connectivity index (χ1v) is 11.6. The van der Waals surface area contributed by atoms with Crippen molar-refractivity contribution >= 4 is 26.7 Å². The lowest BCUT2D eigenvalue weighted by molar-refractivity contribution is -0.121. The number of rotatable bonds is 7. The summed E-state index contributed by atoms with van der Waals surface area (Å²) < 4.78 is 29.0. The molecule has 0 aliphatic carbocycles. The SMILES string of the molecule is CN(CC(=O)N[C@@H](c1ccccc1)c1nccn1C)S(=O)(=O)c1ccc2ccccc2c1. The van der Waals surface area contributed by atoms with E-state index in [0.717, 1.165) is 20.6 Å². The smallest absolute Gasteiger partial charge is 0.243 e. The summed E-state index contributed by atoms with van der Waals surface area (Å²) in [6, 6.07) is 21.4. The topological polar surface area (TPSA) is 84.3 Å². The first-order chi connectivity index (χ1) is 15.4. The van der Waals surface area contributed by atoms with Crippen LogP contribution in [0.25, 0.3) is 10.8 Å². The average Bonchev–Trinajstić information content (AvgIpc) is 3.23. The van der Waals surface area contributed by atoms with Gasteiger partial charge >= 0.3 is 0 Å². The molecule has 0 saturated carbocycles. The molecule has 4 rings (SSSR count). The minimum atomic E-state index is -3.84. The molecule has 0 radical (unpaired) electrons. The number of benzene rings is 3. The second-order valence-electron chi connectivity index (χ2n) is 7.58. The molecular weight excluding hydrogens is 424 g/mol. The number of hydrogen-bond donors (Lipinski definition) is 1. The van der Waals surface area contributed by atoms with Gasteiger partial charge in [-0.15, -0.1) is 0 Å². The number of imidazole rings is 1. The van der Waals surface area contributed by atoms with Crippen molar-refractivity contribution in [3.05, 3.63) is 96.6 Å². The highest BCUT2D eigenvalue weighted by Gasteiger charge is 2.26. The molecule has 164 valence electrons. The van der Waals surface area contributed by atoms with Gasteiger partial charge < -0.3 is 9.88 Å². The fourth-order valence-corrected chi connectivity index (χ4v) is 4.76. The molecule has 8 heteroatoms. The van der Waals surface area contributed by atoms with Crippen LogP contribution in [0.2, 0.25) is 0 Å². The molecule has 0 bridgehead atoms. The third-order valence-electron chi connectivity index (χ3n) is 5.35.